The van der Waals surface area contributed by atoms with Crippen LogP contribution in [0.4, 0.5) is 0 Å². The molecule has 1 N–H and O–H groups in total. The number of rotatable bonds is 9. The van der Waals surface area contributed by atoms with Crippen LogP contribution in [0.1, 0.15) is 12.5 Å². The maximum atomic E-state index is 12.1. The fraction of sp³-hybridized carbons (Fsp3) is 0.350. The summed E-state index contributed by atoms with van der Waals surface area (Å²) in [4.78, 5) is 12.3. The average molecular weight is 407 g/mol. The highest BCUT2D eigenvalue weighted by atomic mass is 32.2. The second-order valence-corrected chi connectivity index (χ2v) is 8.62. The number of amides is 1. The SMILES string of the molecule is Cc1ccc(O[C@H](C)C(=O)NCCOc2ccc(S(=O)(=O)N(C)C)cc2)cc1. The van der Waals surface area contributed by atoms with Crippen molar-refractivity contribution in [3.63, 3.8) is 0 Å². The van der Waals surface area contributed by atoms with Crippen LogP contribution in [0.25, 0.3) is 0 Å². The van der Waals surface area contributed by atoms with Gasteiger partial charge in [0.25, 0.3) is 5.91 Å². The van der Waals surface area contributed by atoms with Gasteiger partial charge in [-0.3, -0.25) is 4.79 Å². The number of hydrogen-bond acceptors (Lipinski definition) is 5. The molecule has 0 aliphatic rings. The summed E-state index contributed by atoms with van der Waals surface area (Å²) in [5, 5.41) is 2.74. The van der Waals surface area contributed by atoms with E-state index in [1.54, 1.807) is 19.1 Å². The van der Waals surface area contributed by atoms with Crippen LogP contribution < -0.4 is 14.8 Å². The molecule has 0 unspecified atom stereocenters. The molecule has 2 aromatic carbocycles. The molecule has 0 saturated heterocycles. The van der Waals surface area contributed by atoms with Crippen molar-refractivity contribution in [2.45, 2.75) is 24.8 Å². The first-order valence-corrected chi connectivity index (χ1v) is 10.3. The van der Waals surface area contributed by atoms with Gasteiger partial charge in [-0.15, -0.1) is 0 Å². The van der Waals surface area contributed by atoms with Crippen LogP contribution in [0.2, 0.25) is 0 Å². The Hall–Kier alpha value is -2.58. The number of nitrogens with one attached hydrogen (secondary N) is 1. The number of carbonyl (C=O) groups excluding carboxylic acids is 1. The number of benzene rings is 2. The van der Waals surface area contributed by atoms with Crippen molar-refractivity contribution in [2.75, 3.05) is 27.2 Å². The number of carbonyl (C=O) groups is 1. The van der Waals surface area contributed by atoms with Crippen LogP contribution >= 0.6 is 0 Å². The third kappa shape index (κ3) is 5.97. The van der Waals surface area contributed by atoms with Gasteiger partial charge >= 0.3 is 0 Å². The molecule has 1 atom stereocenters. The standard InChI is InChI=1S/C20H26N2O5S/c1-15-5-7-18(8-6-15)27-16(2)20(23)21-13-14-26-17-9-11-19(12-10-17)28(24,25)22(3)4/h5-12,16H,13-14H2,1-4H3,(H,21,23)/t16-/m1/s1. The van der Waals surface area contributed by atoms with Crippen molar-refractivity contribution >= 4 is 15.9 Å². The van der Waals surface area contributed by atoms with E-state index in [1.165, 1.54) is 26.2 Å². The van der Waals surface area contributed by atoms with Gasteiger partial charge in [0.1, 0.15) is 18.1 Å². The minimum atomic E-state index is -3.46. The van der Waals surface area contributed by atoms with Gasteiger partial charge in [-0.2, -0.15) is 0 Å². The maximum absolute atomic E-state index is 12.1. The first-order chi connectivity index (χ1) is 13.2. The molecular weight excluding hydrogens is 380 g/mol. The fourth-order valence-corrected chi connectivity index (χ4v) is 3.18. The van der Waals surface area contributed by atoms with Gasteiger partial charge < -0.3 is 14.8 Å². The van der Waals surface area contributed by atoms with Gasteiger partial charge in [-0.1, -0.05) is 17.7 Å². The lowest BCUT2D eigenvalue weighted by Gasteiger charge is -2.15. The summed E-state index contributed by atoms with van der Waals surface area (Å²) in [5.74, 6) is 0.921. The third-order valence-electron chi connectivity index (χ3n) is 3.98. The Morgan fingerprint density at radius 3 is 2.18 bits per heavy atom. The second kappa shape index (κ2) is 9.57. The second-order valence-electron chi connectivity index (χ2n) is 6.47. The molecule has 0 spiro atoms. The highest BCUT2D eigenvalue weighted by Crippen LogP contribution is 2.18. The molecule has 0 aliphatic carbocycles. The molecule has 152 valence electrons. The highest BCUT2D eigenvalue weighted by Gasteiger charge is 2.17. The molecule has 7 nitrogen and oxygen atoms in total. The van der Waals surface area contributed by atoms with Crippen molar-refractivity contribution in [3.8, 4) is 11.5 Å². The molecule has 0 bridgehead atoms. The molecule has 0 heterocycles. The van der Waals surface area contributed by atoms with Crippen molar-refractivity contribution in [2.24, 2.45) is 0 Å². The maximum Gasteiger partial charge on any atom is 0.260 e. The van der Waals surface area contributed by atoms with Crippen molar-refractivity contribution in [1.29, 1.82) is 0 Å². The molecule has 8 heteroatoms. The van der Waals surface area contributed by atoms with Crippen LogP contribution in [-0.2, 0) is 14.8 Å². The third-order valence-corrected chi connectivity index (χ3v) is 5.80. The Morgan fingerprint density at radius 2 is 1.61 bits per heavy atom. The molecule has 2 rings (SSSR count). The Morgan fingerprint density at radius 1 is 1.04 bits per heavy atom. The number of sulfonamides is 1. The molecular formula is C20H26N2O5S. The van der Waals surface area contributed by atoms with Crippen molar-refractivity contribution < 1.29 is 22.7 Å². The van der Waals surface area contributed by atoms with Gasteiger partial charge in [-0.05, 0) is 50.2 Å². The van der Waals surface area contributed by atoms with Crippen molar-refractivity contribution in [1.82, 2.24) is 9.62 Å². The normalized spacial score (nSPS) is 12.5. The van der Waals surface area contributed by atoms with Crippen LogP contribution in [0.3, 0.4) is 0 Å². The topological polar surface area (TPSA) is 84.9 Å². The van der Waals surface area contributed by atoms with Crippen molar-refractivity contribution in [3.05, 3.63) is 54.1 Å². The smallest absolute Gasteiger partial charge is 0.260 e. The van der Waals surface area contributed by atoms with E-state index in [0.717, 1.165) is 9.87 Å². The molecule has 0 saturated carbocycles. The largest absolute Gasteiger partial charge is 0.492 e. The predicted octanol–water partition coefficient (Wildman–Crippen LogP) is 2.21. The Balaban J connectivity index is 1.76. The van der Waals surface area contributed by atoms with Crippen LogP contribution in [0, 0.1) is 6.92 Å². The van der Waals surface area contributed by atoms with Crippen LogP contribution in [0.15, 0.2) is 53.4 Å². The van der Waals surface area contributed by atoms with Gasteiger partial charge in [0.2, 0.25) is 10.0 Å². The highest BCUT2D eigenvalue weighted by molar-refractivity contribution is 7.89. The summed E-state index contributed by atoms with van der Waals surface area (Å²) in [6.07, 6.45) is -0.627. The summed E-state index contributed by atoms with van der Waals surface area (Å²) in [6.45, 7) is 4.22. The number of aryl methyl sites for hydroxylation is 1. The number of hydrogen-bond donors (Lipinski definition) is 1. The Bertz CT molecular complexity index is 878. The average Bonchev–Trinajstić information content (AvgIpc) is 2.67. The van der Waals surface area contributed by atoms with E-state index in [1.807, 2.05) is 31.2 Å². The van der Waals surface area contributed by atoms with Gasteiger partial charge in [-0.25, -0.2) is 12.7 Å². The summed E-state index contributed by atoms with van der Waals surface area (Å²) in [5.41, 5.74) is 1.12. The minimum Gasteiger partial charge on any atom is -0.492 e. The van der Waals surface area contributed by atoms with E-state index in [0.29, 0.717) is 18.0 Å². The van der Waals surface area contributed by atoms with Crippen LogP contribution in [-0.4, -0.2) is 52.0 Å². The lowest BCUT2D eigenvalue weighted by molar-refractivity contribution is -0.127. The first-order valence-electron chi connectivity index (χ1n) is 8.86. The quantitative estimate of drug-likeness (QED) is 0.646. The van der Waals surface area contributed by atoms with E-state index in [-0.39, 0.29) is 17.4 Å². The molecule has 0 aliphatic heterocycles. The summed E-state index contributed by atoms with van der Waals surface area (Å²) in [7, 11) is -0.505. The zero-order valence-electron chi connectivity index (χ0n) is 16.5. The Labute approximate surface area is 166 Å². The number of ether oxygens (including phenoxy) is 2. The van der Waals surface area contributed by atoms with Gasteiger partial charge in [0.15, 0.2) is 6.10 Å². The zero-order chi connectivity index (χ0) is 20.7. The van der Waals surface area contributed by atoms with E-state index >= 15 is 0 Å². The van der Waals surface area contributed by atoms with E-state index in [2.05, 4.69) is 5.32 Å². The Kier molecular flexibility index (Phi) is 7.42. The first kappa shape index (κ1) is 21.7. The summed E-state index contributed by atoms with van der Waals surface area (Å²) < 4.78 is 36.3. The predicted molar refractivity (Wildman–Crippen MR) is 107 cm³/mol. The minimum absolute atomic E-state index is 0.195. The summed E-state index contributed by atoms with van der Waals surface area (Å²) in [6, 6.07) is 13.6. The molecule has 1 amide bonds. The lowest BCUT2D eigenvalue weighted by Crippen LogP contribution is -2.38. The zero-order valence-corrected chi connectivity index (χ0v) is 17.3. The lowest BCUT2D eigenvalue weighted by atomic mass is 10.2. The van der Waals surface area contributed by atoms with Gasteiger partial charge in [0.05, 0.1) is 11.4 Å². The van der Waals surface area contributed by atoms with Crippen LogP contribution in [0.5, 0.6) is 11.5 Å². The van der Waals surface area contributed by atoms with E-state index in [9.17, 15) is 13.2 Å². The summed E-state index contributed by atoms with van der Waals surface area (Å²) >= 11 is 0. The molecule has 0 aromatic heterocycles. The van der Waals surface area contributed by atoms with Gasteiger partial charge in [0, 0.05) is 14.1 Å². The molecule has 2 aromatic rings. The molecule has 28 heavy (non-hydrogen) atoms. The van der Waals surface area contributed by atoms with E-state index in [4.69, 9.17) is 9.47 Å². The number of nitrogens with zero attached hydrogens (tertiary/aromatic N) is 1. The monoisotopic (exact) mass is 406 g/mol. The molecule has 0 radical (unpaired) electrons. The molecule has 0 fully saturated rings. The fourth-order valence-electron chi connectivity index (χ4n) is 2.28. The van der Waals surface area contributed by atoms with E-state index < -0.39 is 16.1 Å².